The van der Waals surface area contributed by atoms with Crippen LogP contribution in [0.5, 0.6) is 0 Å². The van der Waals surface area contributed by atoms with Crippen molar-refractivity contribution in [2.45, 2.75) is 37.7 Å². The summed E-state index contributed by atoms with van der Waals surface area (Å²) in [4.78, 5) is 19.4. The molecule has 4 rings (SSSR count). The Balaban J connectivity index is 1.37. The second kappa shape index (κ2) is 9.93. The van der Waals surface area contributed by atoms with Gasteiger partial charge in [0.2, 0.25) is 15.9 Å². The van der Waals surface area contributed by atoms with E-state index in [2.05, 4.69) is 37.0 Å². The summed E-state index contributed by atoms with van der Waals surface area (Å²) in [5.74, 6) is 0.245. The lowest BCUT2D eigenvalue weighted by Crippen LogP contribution is -2.51. The van der Waals surface area contributed by atoms with E-state index in [0.717, 1.165) is 27.5 Å². The molecular weight excluding hydrogens is 468 g/mol. The smallest absolute Gasteiger partial charge is 0.243 e. The number of hydrogen-bond donors (Lipinski definition) is 0. The number of benzene rings is 2. The molecule has 0 radical (unpaired) electrons. The van der Waals surface area contributed by atoms with Crippen molar-refractivity contribution in [3.8, 4) is 5.69 Å². The average molecular weight is 499 g/mol. The minimum Gasteiger partial charge on any atom is -0.339 e. The van der Waals surface area contributed by atoms with E-state index >= 15 is 0 Å². The molecule has 3 aromatic rings. The lowest BCUT2D eigenvalue weighted by Gasteiger charge is -2.34. The number of hydrogen-bond acceptors (Lipinski definition) is 5. The molecule has 0 aliphatic carbocycles. The molecule has 0 bridgehead atoms. The summed E-state index contributed by atoms with van der Waals surface area (Å²) in [7, 11) is -3.57. The van der Waals surface area contributed by atoms with Crippen LogP contribution in [0.15, 0.2) is 58.8 Å². The molecule has 2 heterocycles. The van der Waals surface area contributed by atoms with Crippen LogP contribution >= 0.6 is 11.8 Å². The Morgan fingerprint density at radius 2 is 1.59 bits per heavy atom. The van der Waals surface area contributed by atoms with Gasteiger partial charge in [0.25, 0.3) is 0 Å². The van der Waals surface area contributed by atoms with Crippen LogP contribution in [0.25, 0.3) is 5.69 Å². The predicted molar refractivity (Wildman–Crippen MR) is 135 cm³/mol. The quantitative estimate of drug-likeness (QED) is 0.484. The van der Waals surface area contributed by atoms with Gasteiger partial charge in [-0.3, -0.25) is 9.36 Å². The fraction of sp³-hybridized carbons (Fsp3) is 0.360. The summed E-state index contributed by atoms with van der Waals surface area (Å²) in [5.41, 5.74) is 5.16. The molecule has 2 aromatic carbocycles. The third-order valence-corrected chi connectivity index (χ3v) is 9.09. The Bertz CT molecular complexity index is 1310. The first-order valence-corrected chi connectivity index (χ1v) is 13.7. The zero-order chi connectivity index (χ0) is 24.5. The zero-order valence-corrected chi connectivity index (χ0v) is 21.6. The maximum Gasteiger partial charge on any atom is 0.243 e. The molecule has 34 heavy (non-hydrogen) atoms. The summed E-state index contributed by atoms with van der Waals surface area (Å²) in [6.07, 6.45) is 3.64. The number of amides is 1. The standard InChI is InChI=1S/C25H30N4O3S2/c1-18-5-7-22(20(3)15-18)29-10-9-26-25(29)33-17-24(30)27-11-13-28(14-12-27)34(31,32)23-8-6-19(2)16-21(23)4/h5-10,15-16H,11-14,17H2,1-4H3. The second-order valence-electron chi connectivity index (χ2n) is 8.71. The minimum atomic E-state index is -3.57. The van der Waals surface area contributed by atoms with Crippen LogP contribution < -0.4 is 0 Å². The first-order chi connectivity index (χ1) is 16.2. The summed E-state index contributed by atoms with van der Waals surface area (Å²) in [6.45, 7) is 9.25. The normalized spacial score (nSPS) is 15.0. The number of aryl methyl sites for hydroxylation is 4. The number of sulfonamides is 1. The third-order valence-electron chi connectivity index (χ3n) is 6.08. The number of piperazine rings is 1. The SMILES string of the molecule is Cc1ccc(-n2ccnc2SCC(=O)N2CCN(S(=O)(=O)c3ccc(C)cc3C)CC2)c(C)c1. The number of nitrogens with zero attached hydrogens (tertiary/aromatic N) is 4. The van der Waals surface area contributed by atoms with Gasteiger partial charge in [0.1, 0.15) is 0 Å². The summed E-state index contributed by atoms with van der Waals surface area (Å²) in [6, 6.07) is 11.6. The molecule has 7 nitrogen and oxygen atoms in total. The molecule has 0 N–H and O–H groups in total. The summed E-state index contributed by atoms with van der Waals surface area (Å²) < 4.78 is 29.7. The first-order valence-electron chi connectivity index (χ1n) is 11.3. The first kappa shape index (κ1) is 24.5. The zero-order valence-electron chi connectivity index (χ0n) is 20.0. The highest BCUT2D eigenvalue weighted by Gasteiger charge is 2.31. The van der Waals surface area contributed by atoms with Crippen molar-refractivity contribution in [2.75, 3.05) is 31.9 Å². The van der Waals surface area contributed by atoms with Gasteiger partial charge in [-0.1, -0.05) is 47.2 Å². The molecule has 1 aliphatic rings. The Hall–Kier alpha value is -2.62. The molecule has 0 atom stereocenters. The van der Waals surface area contributed by atoms with Crippen molar-refractivity contribution < 1.29 is 13.2 Å². The highest BCUT2D eigenvalue weighted by Crippen LogP contribution is 2.25. The van der Waals surface area contributed by atoms with E-state index in [0.29, 0.717) is 31.1 Å². The second-order valence-corrected chi connectivity index (χ2v) is 11.6. The molecule has 1 fully saturated rings. The van der Waals surface area contributed by atoms with Gasteiger partial charge in [0.15, 0.2) is 5.16 Å². The van der Waals surface area contributed by atoms with Gasteiger partial charge in [0, 0.05) is 38.6 Å². The van der Waals surface area contributed by atoms with Gasteiger partial charge < -0.3 is 4.90 Å². The fourth-order valence-corrected chi connectivity index (χ4v) is 6.78. The van der Waals surface area contributed by atoms with Gasteiger partial charge in [0.05, 0.1) is 16.3 Å². The van der Waals surface area contributed by atoms with Gasteiger partial charge in [-0.05, 0) is 51.0 Å². The molecule has 1 aromatic heterocycles. The summed E-state index contributed by atoms with van der Waals surface area (Å²) in [5, 5.41) is 0.761. The molecule has 1 aliphatic heterocycles. The average Bonchev–Trinajstić information content (AvgIpc) is 3.25. The van der Waals surface area contributed by atoms with E-state index in [1.54, 1.807) is 17.2 Å². The maximum atomic E-state index is 13.1. The van der Waals surface area contributed by atoms with Crippen molar-refractivity contribution in [2.24, 2.45) is 0 Å². The summed E-state index contributed by atoms with van der Waals surface area (Å²) >= 11 is 1.40. The van der Waals surface area contributed by atoms with Crippen LogP contribution in [-0.2, 0) is 14.8 Å². The Morgan fingerprint density at radius 1 is 0.941 bits per heavy atom. The highest BCUT2D eigenvalue weighted by molar-refractivity contribution is 7.99. The van der Waals surface area contributed by atoms with Crippen molar-refractivity contribution >= 4 is 27.7 Å². The van der Waals surface area contributed by atoms with Crippen LogP contribution in [0, 0.1) is 27.7 Å². The predicted octanol–water partition coefficient (Wildman–Crippen LogP) is 3.73. The monoisotopic (exact) mass is 498 g/mol. The number of aromatic nitrogens is 2. The van der Waals surface area contributed by atoms with Gasteiger partial charge >= 0.3 is 0 Å². The van der Waals surface area contributed by atoms with Crippen LogP contribution in [0.3, 0.4) is 0 Å². The molecule has 0 unspecified atom stereocenters. The van der Waals surface area contributed by atoms with Crippen molar-refractivity contribution in [1.29, 1.82) is 0 Å². The van der Waals surface area contributed by atoms with Crippen LogP contribution in [0.4, 0.5) is 0 Å². The van der Waals surface area contributed by atoms with E-state index in [1.807, 2.05) is 36.7 Å². The largest absolute Gasteiger partial charge is 0.339 e. The number of rotatable bonds is 6. The molecule has 1 saturated heterocycles. The Labute approximate surface area is 205 Å². The molecule has 0 spiro atoms. The Morgan fingerprint density at radius 3 is 2.24 bits per heavy atom. The fourth-order valence-electron chi connectivity index (χ4n) is 4.28. The maximum absolute atomic E-state index is 13.1. The minimum absolute atomic E-state index is 0.0104. The van der Waals surface area contributed by atoms with Crippen molar-refractivity contribution in [3.63, 3.8) is 0 Å². The lowest BCUT2D eigenvalue weighted by atomic mass is 10.1. The van der Waals surface area contributed by atoms with E-state index in [-0.39, 0.29) is 11.7 Å². The molecule has 1 amide bonds. The van der Waals surface area contributed by atoms with Gasteiger partial charge in [-0.15, -0.1) is 0 Å². The van der Waals surface area contributed by atoms with Crippen LogP contribution in [0.2, 0.25) is 0 Å². The van der Waals surface area contributed by atoms with E-state index < -0.39 is 10.0 Å². The number of carbonyl (C=O) groups is 1. The molecular formula is C25H30N4O3S2. The molecule has 180 valence electrons. The highest BCUT2D eigenvalue weighted by atomic mass is 32.2. The third kappa shape index (κ3) is 5.06. The molecule has 9 heteroatoms. The van der Waals surface area contributed by atoms with E-state index in [1.165, 1.54) is 21.6 Å². The van der Waals surface area contributed by atoms with Crippen LogP contribution in [0.1, 0.15) is 22.3 Å². The van der Waals surface area contributed by atoms with Gasteiger partial charge in [-0.2, -0.15) is 4.31 Å². The number of imidazole rings is 1. The van der Waals surface area contributed by atoms with E-state index in [9.17, 15) is 13.2 Å². The van der Waals surface area contributed by atoms with Crippen molar-refractivity contribution in [3.05, 3.63) is 71.0 Å². The topological polar surface area (TPSA) is 75.5 Å². The van der Waals surface area contributed by atoms with Crippen molar-refractivity contribution in [1.82, 2.24) is 18.8 Å². The van der Waals surface area contributed by atoms with Gasteiger partial charge in [-0.25, -0.2) is 13.4 Å². The van der Waals surface area contributed by atoms with Crippen LogP contribution in [-0.4, -0.2) is 65.0 Å². The number of carbonyl (C=O) groups excluding carboxylic acids is 1. The molecule has 0 saturated carbocycles. The lowest BCUT2D eigenvalue weighted by molar-refractivity contribution is -0.129. The number of thioether (sulfide) groups is 1. The Kier molecular flexibility index (Phi) is 7.16. The van der Waals surface area contributed by atoms with E-state index in [4.69, 9.17) is 0 Å².